The molecule has 0 saturated heterocycles. The number of nitrogens with one attached hydrogen (secondary N) is 2. The Morgan fingerprint density at radius 1 is 1.38 bits per heavy atom. The fourth-order valence-corrected chi connectivity index (χ4v) is 2.30. The average Bonchev–Trinajstić information content (AvgIpc) is 2.99. The van der Waals surface area contributed by atoms with Gasteiger partial charge in [0.15, 0.2) is 0 Å². The number of hydrogen-bond donors (Lipinski definition) is 2. The van der Waals surface area contributed by atoms with E-state index in [0.717, 1.165) is 0 Å². The predicted octanol–water partition coefficient (Wildman–Crippen LogP) is 3.08. The van der Waals surface area contributed by atoms with Gasteiger partial charge >= 0.3 is 6.03 Å². The molecule has 24 heavy (non-hydrogen) atoms. The molecule has 0 aliphatic heterocycles. The van der Waals surface area contributed by atoms with Crippen molar-refractivity contribution in [2.45, 2.75) is 39.4 Å². The lowest BCUT2D eigenvalue weighted by Gasteiger charge is -2.24. The minimum Gasteiger partial charge on any atom is -0.370 e. The summed E-state index contributed by atoms with van der Waals surface area (Å²) in [6.07, 6.45) is 5.20. The van der Waals surface area contributed by atoms with E-state index in [-0.39, 0.29) is 23.9 Å². The van der Waals surface area contributed by atoms with Gasteiger partial charge in [0.2, 0.25) is 0 Å². The zero-order valence-electron chi connectivity index (χ0n) is 14.5. The van der Waals surface area contributed by atoms with E-state index in [1.807, 2.05) is 43.5 Å². The number of anilines is 2. The molecule has 1 aromatic heterocycles. The van der Waals surface area contributed by atoms with Gasteiger partial charge in [-0.2, -0.15) is 0 Å². The van der Waals surface area contributed by atoms with E-state index in [2.05, 4.69) is 15.6 Å². The van der Waals surface area contributed by atoms with Crippen molar-refractivity contribution >= 4 is 17.4 Å². The first-order valence-electron chi connectivity index (χ1n) is 7.92. The third-order valence-electron chi connectivity index (χ3n) is 3.78. The maximum Gasteiger partial charge on any atom is 0.319 e. The van der Waals surface area contributed by atoms with Gasteiger partial charge in [-0.05, 0) is 39.0 Å². The van der Waals surface area contributed by atoms with Crippen LogP contribution >= 0.6 is 0 Å². The molecule has 2 amide bonds. The lowest BCUT2D eigenvalue weighted by atomic mass is 10.2. The van der Waals surface area contributed by atoms with Crippen LogP contribution in [0.5, 0.6) is 0 Å². The third kappa shape index (κ3) is 4.71. The highest BCUT2D eigenvalue weighted by Crippen LogP contribution is 2.23. The van der Waals surface area contributed by atoms with Crippen LogP contribution in [-0.4, -0.2) is 34.7 Å². The van der Waals surface area contributed by atoms with Crippen LogP contribution in [0.15, 0.2) is 36.9 Å². The first kappa shape index (κ1) is 17.8. The highest BCUT2D eigenvalue weighted by Gasteiger charge is 2.13. The molecule has 0 aliphatic carbocycles. The number of halogens is 1. The Morgan fingerprint density at radius 2 is 2.12 bits per heavy atom. The zero-order chi connectivity index (χ0) is 17.7. The van der Waals surface area contributed by atoms with Crippen molar-refractivity contribution in [2.75, 3.05) is 17.3 Å². The lowest BCUT2D eigenvalue weighted by Crippen LogP contribution is -2.38. The van der Waals surface area contributed by atoms with Crippen LogP contribution in [0.1, 0.15) is 20.8 Å². The van der Waals surface area contributed by atoms with E-state index in [0.29, 0.717) is 17.9 Å². The van der Waals surface area contributed by atoms with Crippen LogP contribution in [-0.2, 0) is 6.54 Å². The average molecular weight is 333 g/mol. The van der Waals surface area contributed by atoms with Crippen molar-refractivity contribution in [2.24, 2.45) is 0 Å². The monoisotopic (exact) mass is 333 g/mol. The largest absolute Gasteiger partial charge is 0.370 e. The smallest absolute Gasteiger partial charge is 0.319 e. The van der Waals surface area contributed by atoms with Crippen molar-refractivity contribution in [1.29, 1.82) is 0 Å². The van der Waals surface area contributed by atoms with Crippen molar-refractivity contribution in [3.05, 3.63) is 42.7 Å². The number of amides is 2. The zero-order valence-corrected chi connectivity index (χ0v) is 14.5. The Morgan fingerprint density at radius 3 is 2.71 bits per heavy atom. The van der Waals surface area contributed by atoms with Gasteiger partial charge in [-0.25, -0.2) is 14.2 Å². The number of nitrogens with zero attached hydrogens (tertiary/aromatic N) is 3. The molecule has 1 atom stereocenters. The number of rotatable bonds is 6. The van der Waals surface area contributed by atoms with E-state index in [4.69, 9.17) is 0 Å². The Hall–Kier alpha value is -2.57. The minimum atomic E-state index is -0.369. The summed E-state index contributed by atoms with van der Waals surface area (Å²) < 4.78 is 16.1. The number of benzene rings is 1. The Labute approximate surface area is 141 Å². The van der Waals surface area contributed by atoms with Crippen molar-refractivity contribution in [1.82, 2.24) is 14.9 Å². The van der Waals surface area contributed by atoms with Crippen molar-refractivity contribution in [3.63, 3.8) is 0 Å². The van der Waals surface area contributed by atoms with Gasteiger partial charge in [0.05, 0.1) is 12.0 Å². The summed E-state index contributed by atoms with van der Waals surface area (Å²) in [5.74, 6) is -0.365. The second-order valence-corrected chi connectivity index (χ2v) is 6.13. The number of imidazole rings is 1. The third-order valence-corrected chi connectivity index (χ3v) is 3.78. The summed E-state index contributed by atoms with van der Waals surface area (Å²) >= 11 is 0. The van der Waals surface area contributed by atoms with Gasteiger partial charge in [0, 0.05) is 43.8 Å². The molecule has 0 radical (unpaired) electrons. The molecule has 7 heteroatoms. The normalized spacial score (nSPS) is 12.1. The first-order chi connectivity index (χ1) is 11.4. The van der Waals surface area contributed by atoms with E-state index >= 15 is 0 Å². The van der Waals surface area contributed by atoms with E-state index in [9.17, 15) is 9.18 Å². The van der Waals surface area contributed by atoms with Gasteiger partial charge in [-0.15, -0.1) is 0 Å². The van der Waals surface area contributed by atoms with Crippen LogP contribution in [0.3, 0.4) is 0 Å². The summed E-state index contributed by atoms with van der Waals surface area (Å²) in [6.45, 7) is 6.47. The molecular formula is C17H24FN5O. The van der Waals surface area contributed by atoms with Crippen LogP contribution in [0.4, 0.5) is 20.6 Å². The molecular weight excluding hydrogens is 309 g/mol. The molecule has 0 aliphatic rings. The maximum atomic E-state index is 14.2. The number of carbonyl (C=O) groups is 1. The topological polar surface area (TPSA) is 62.2 Å². The van der Waals surface area contributed by atoms with Gasteiger partial charge in [-0.1, -0.05) is 0 Å². The quantitative estimate of drug-likeness (QED) is 0.854. The molecule has 0 unspecified atom stereocenters. The molecule has 0 spiro atoms. The fraction of sp³-hybridized carbons (Fsp3) is 0.412. The first-order valence-corrected chi connectivity index (χ1v) is 7.92. The standard InChI is InChI=1S/C17H24FN5O/c1-12(2)22(4)16-6-5-14(9-15(16)18)21-17(24)20-13(3)10-23-8-7-19-11-23/h5-9,11-13H,10H2,1-4H3,(H2,20,21,24)/t13-/m0/s1. The molecule has 6 nitrogen and oxygen atoms in total. The summed E-state index contributed by atoms with van der Waals surface area (Å²) in [5.41, 5.74) is 0.921. The molecule has 0 bridgehead atoms. The number of hydrogen-bond acceptors (Lipinski definition) is 3. The van der Waals surface area contributed by atoms with E-state index in [1.54, 1.807) is 24.7 Å². The van der Waals surface area contributed by atoms with Gasteiger partial charge in [-0.3, -0.25) is 0 Å². The van der Waals surface area contributed by atoms with Crippen LogP contribution in [0.25, 0.3) is 0 Å². The summed E-state index contributed by atoms with van der Waals surface area (Å²) in [5, 5.41) is 5.47. The lowest BCUT2D eigenvalue weighted by molar-refractivity contribution is 0.248. The SMILES string of the molecule is CC(C)N(C)c1ccc(NC(=O)N[C@@H](C)Cn2ccnc2)cc1F. The molecule has 0 saturated carbocycles. The number of urea groups is 1. The fourth-order valence-electron chi connectivity index (χ4n) is 2.30. The summed E-state index contributed by atoms with van der Waals surface area (Å²) in [6, 6.07) is 4.42. The number of carbonyl (C=O) groups excluding carboxylic acids is 1. The van der Waals surface area contributed by atoms with Crippen LogP contribution in [0.2, 0.25) is 0 Å². The second-order valence-electron chi connectivity index (χ2n) is 6.13. The Bertz CT molecular complexity index is 672. The molecule has 2 aromatic rings. The highest BCUT2D eigenvalue weighted by molar-refractivity contribution is 5.89. The van der Waals surface area contributed by atoms with E-state index in [1.165, 1.54) is 6.07 Å². The predicted molar refractivity (Wildman–Crippen MR) is 93.8 cm³/mol. The van der Waals surface area contributed by atoms with Crippen molar-refractivity contribution < 1.29 is 9.18 Å². The molecule has 2 N–H and O–H groups in total. The van der Waals surface area contributed by atoms with E-state index < -0.39 is 0 Å². The molecule has 1 aromatic carbocycles. The number of aromatic nitrogens is 2. The summed E-state index contributed by atoms with van der Waals surface area (Å²) in [4.78, 5) is 17.8. The Balaban J connectivity index is 1.93. The minimum absolute atomic E-state index is 0.0876. The van der Waals surface area contributed by atoms with Gasteiger partial charge in [0.1, 0.15) is 5.82 Å². The maximum absolute atomic E-state index is 14.2. The van der Waals surface area contributed by atoms with Crippen molar-refractivity contribution in [3.8, 4) is 0 Å². The molecule has 1 heterocycles. The van der Waals surface area contributed by atoms with Gasteiger partial charge in [0.25, 0.3) is 0 Å². The second kappa shape index (κ2) is 7.81. The van der Waals surface area contributed by atoms with Crippen LogP contribution < -0.4 is 15.5 Å². The molecule has 2 rings (SSSR count). The molecule has 0 fully saturated rings. The molecule has 130 valence electrons. The highest BCUT2D eigenvalue weighted by atomic mass is 19.1. The van der Waals surface area contributed by atoms with Crippen LogP contribution in [0, 0.1) is 5.82 Å². The Kier molecular flexibility index (Phi) is 5.78. The van der Waals surface area contributed by atoms with Gasteiger partial charge < -0.3 is 20.1 Å². The summed E-state index contributed by atoms with van der Waals surface area (Å²) in [7, 11) is 1.83.